The molecule has 1 aliphatic carbocycles. The molecule has 1 saturated carbocycles. The van der Waals surface area contributed by atoms with Crippen LogP contribution in [0.15, 0.2) is 48.5 Å². The van der Waals surface area contributed by atoms with Crippen molar-refractivity contribution in [3.05, 3.63) is 71.3 Å². The molecular formula is C18H18F2O. The average Bonchev–Trinajstić information content (AvgIpc) is 2.43. The normalized spacial score (nSPS) is 18.0. The average molecular weight is 288 g/mol. The van der Waals surface area contributed by atoms with Gasteiger partial charge in [0.2, 0.25) is 0 Å². The Morgan fingerprint density at radius 1 is 0.952 bits per heavy atom. The van der Waals surface area contributed by atoms with Gasteiger partial charge in [0, 0.05) is 17.4 Å². The molecule has 1 atom stereocenters. The molecule has 1 unspecified atom stereocenters. The van der Waals surface area contributed by atoms with Gasteiger partial charge in [-0.25, -0.2) is 8.78 Å². The third kappa shape index (κ3) is 2.46. The molecule has 0 aromatic heterocycles. The molecule has 0 spiro atoms. The smallest absolute Gasteiger partial charge is 0.129 e. The Hall–Kier alpha value is -1.74. The van der Waals surface area contributed by atoms with Crippen molar-refractivity contribution in [1.82, 2.24) is 0 Å². The van der Waals surface area contributed by atoms with E-state index in [2.05, 4.69) is 0 Å². The third-order valence-corrected chi connectivity index (χ3v) is 4.69. The number of benzene rings is 2. The lowest BCUT2D eigenvalue weighted by Crippen LogP contribution is -2.46. The molecule has 1 N–H and O–H groups in total. The highest BCUT2D eigenvalue weighted by Crippen LogP contribution is 2.47. The van der Waals surface area contributed by atoms with Crippen molar-refractivity contribution in [2.45, 2.75) is 37.2 Å². The fraction of sp³-hybridized carbons (Fsp3) is 0.333. The first-order chi connectivity index (χ1) is 10.1. The van der Waals surface area contributed by atoms with Crippen molar-refractivity contribution >= 4 is 0 Å². The summed E-state index contributed by atoms with van der Waals surface area (Å²) in [5.41, 5.74) is 0.670. The van der Waals surface area contributed by atoms with E-state index in [-0.39, 0.29) is 17.4 Å². The molecular weight excluding hydrogens is 270 g/mol. The Kier molecular flexibility index (Phi) is 3.77. The first-order valence-corrected chi connectivity index (χ1v) is 7.30. The Labute approximate surface area is 123 Å². The van der Waals surface area contributed by atoms with Crippen LogP contribution >= 0.6 is 0 Å². The number of halogens is 2. The second kappa shape index (κ2) is 5.57. The molecule has 0 amide bonds. The van der Waals surface area contributed by atoms with Gasteiger partial charge in [-0.05, 0) is 30.5 Å². The number of rotatable bonds is 4. The van der Waals surface area contributed by atoms with Gasteiger partial charge >= 0.3 is 0 Å². The number of aliphatic hydroxyl groups excluding tert-OH is 1. The van der Waals surface area contributed by atoms with Gasteiger partial charge in [0.05, 0.1) is 6.10 Å². The molecule has 0 heterocycles. The monoisotopic (exact) mass is 288 g/mol. The summed E-state index contributed by atoms with van der Waals surface area (Å²) in [6.45, 7) is 0. The van der Waals surface area contributed by atoms with E-state index in [4.69, 9.17) is 0 Å². The Bertz CT molecular complexity index is 600. The first-order valence-electron chi connectivity index (χ1n) is 7.30. The predicted molar refractivity (Wildman–Crippen MR) is 78.0 cm³/mol. The predicted octanol–water partition coefficient (Wildman–Crippen LogP) is 3.99. The van der Waals surface area contributed by atoms with Crippen LogP contribution in [0.1, 0.15) is 30.4 Å². The molecule has 2 aromatic carbocycles. The highest BCUT2D eigenvalue weighted by atomic mass is 19.1. The van der Waals surface area contributed by atoms with Gasteiger partial charge in [0.25, 0.3) is 0 Å². The van der Waals surface area contributed by atoms with Gasteiger partial charge in [-0.1, -0.05) is 42.8 Å². The van der Waals surface area contributed by atoms with E-state index in [1.54, 1.807) is 0 Å². The van der Waals surface area contributed by atoms with E-state index in [1.807, 2.05) is 30.3 Å². The molecule has 1 nitrogen and oxygen atoms in total. The lowest BCUT2D eigenvalue weighted by Gasteiger charge is -2.46. The summed E-state index contributed by atoms with van der Waals surface area (Å²) in [4.78, 5) is 0. The maximum absolute atomic E-state index is 13.8. The zero-order valence-corrected chi connectivity index (χ0v) is 11.7. The summed E-state index contributed by atoms with van der Waals surface area (Å²) in [7, 11) is 0. The van der Waals surface area contributed by atoms with Crippen LogP contribution in [0.25, 0.3) is 0 Å². The van der Waals surface area contributed by atoms with Crippen LogP contribution in [0.2, 0.25) is 0 Å². The standard InChI is InChI=1S/C18H18F2O/c19-15-8-4-9-16(20)14(15)12-17(21)18(10-5-11-18)13-6-2-1-3-7-13/h1-4,6-9,17,21H,5,10-12H2. The second-order valence-electron chi connectivity index (χ2n) is 5.80. The topological polar surface area (TPSA) is 20.2 Å². The van der Waals surface area contributed by atoms with Crippen LogP contribution in [0.3, 0.4) is 0 Å². The van der Waals surface area contributed by atoms with Crippen molar-refractivity contribution in [3.63, 3.8) is 0 Å². The van der Waals surface area contributed by atoms with E-state index in [1.165, 1.54) is 18.2 Å². The van der Waals surface area contributed by atoms with E-state index >= 15 is 0 Å². The minimum atomic E-state index is -0.778. The minimum Gasteiger partial charge on any atom is -0.392 e. The fourth-order valence-corrected chi connectivity index (χ4v) is 3.26. The van der Waals surface area contributed by atoms with Crippen LogP contribution in [0, 0.1) is 11.6 Å². The summed E-state index contributed by atoms with van der Waals surface area (Å²) < 4.78 is 27.5. The summed E-state index contributed by atoms with van der Waals surface area (Å²) >= 11 is 0. The number of hydrogen-bond acceptors (Lipinski definition) is 1. The van der Waals surface area contributed by atoms with Gasteiger partial charge in [-0.2, -0.15) is 0 Å². The minimum absolute atomic E-state index is 0.00734. The van der Waals surface area contributed by atoms with E-state index in [9.17, 15) is 13.9 Å². The lowest BCUT2D eigenvalue weighted by atomic mass is 9.60. The fourth-order valence-electron chi connectivity index (χ4n) is 3.26. The van der Waals surface area contributed by atoms with Crippen molar-refractivity contribution in [1.29, 1.82) is 0 Å². The van der Waals surface area contributed by atoms with Crippen LogP contribution in [-0.4, -0.2) is 11.2 Å². The summed E-state index contributed by atoms with van der Waals surface area (Å²) in [6.07, 6.45) is 1.97. The zero-order valence-electron chi connectivity index (χ0n) is 11.7. The largest absolute Gasteiger partial charge is 0.392 e. The van der Waals surface area contributed by atoms with E-state index in [0.717, 1.165) is 24.8 Å². The summed E-state index contributed by atoms with van der Waals surface area (Å²) in [6, 6.07) is 13.6. The number of hydrogen-bond donors (Lipinski definition) is 1. The van der Waals surface area contributed by atoms with Gasteiger partial charge in [-0.3, -0.25) is 0 Å². The van der Waals surface area contributed by atoms with E-state index < -0.39 is 17.7 Å². The first kappa shape index (κ1) is 14.2. The molecule has 1 fully saturated rings. The molecule has 1 aliphatic rings. The molecule has 3 heteroatoms. The van der Waals surface area contributed by atoms with Crippen molar-refractivity contribution in [3.8, 4) is 0 Å². The van der Waals surface area contributed by atoms with Crippen LogP contribution < -0.4 is 0 Å². The van der Waals surface area contributed by atoms with Crippen LogP contribution in [0.4, 0.5) is 8.78 Å². The zero-order chi connectivity index (χ0) is 14.9. The van der Waals surface area contributed by atoms with Gasteiger partial charge < -0.3 is 5.11 Å². The Morgan fingerprint density at radius 3 is 2.10 bits per heavy atom. The molecule has 2 aromatic rings. The summed E-state index contributed by atoms with van der Waals surface area (Å²) in [5, 5.41) is 10.6. The molecule has 3 rings (SSSR count). The third-order valence-electron chi connectivity index (χ3n) is 4.69. The maximum Gasteiger partial charge on any atom is 0.129 e. The quantitative estimate of drug-likeness (QED) is 0.902. The molecule has 21 heavy (non-hydrogen) atoms. The lowest BCUT2D eigenvalue weighted by molar-refractivity contribution is 0.0274. The van der Waals surface area contributed by atoms with Crippen LogP contribution in [-0.2, 0) is 11.8 Å². The van der Waals surface area contributed by atoms with Crippen molar-refractivity contribution in [2.24, 2.45) is 0 Å². The maximum atomic E-state index is 13.8. The Morgan fingerprint density at radius 2 is 1.57 bits per heavy atom. The number of aliphatic hydroxyl groups is 1. The van der Waals surface area contributed by atoms with Gasteiger partial charge in [0.1, 0.15) is 11.6 Å². The van der Waals surface area contributed by atoms with Gasteiger partial charge in [-0.15, -0.1) is 0 Å². The summed E-state index contributed by atoms with van der Waals surface area (Å²) in [5.74, 6) is -1.17. The highest BCUT2D eigenvalue weighted by Gasteiger charge is 2.45. The molecule has 0 saturated heterocycles. The van der Waals surface area contributed by atoms with Crippen molar-refractivity contribution in [2.75, 3.05) is 0 Å². The second-order valence-corrected chi connectivity index (χ2v) is 5.80. The molecule has 110 valence electrons. The van der Waals surface area contributed by atoms with Crippen molar-refractivity contribution < 1.29 is 13.9 Å². The Balaban J connectivity index is 1.89. The van der Waals surface area contributed by atoms with E-state index in [0.29, 0.717) is 0 Å². The van der Waals surface area contributed by atoms with Gasteiger partial charge in [0.15, 0.2) is 0 Å². The SMILES string of the molecule is OC(Cc1c(F)cccc1F)C1(c2ccccc2)CCC1. The highest BCUT2D eigenvalue weighted by molar-refractivity contribution is 5.31. The molecule has 0 bridgehead atoms. The molecule has 0 aliphatic heterocycles. The van der Waals surface area contributed by atoms with Crippen LogP contribution in [0.5, 0.6) is 0 Å². The molecule has 0 radical (unpaired) electrons.